The minimum Gasteiger partial charge on any atom is -0.336 e. The number of piperidine rings is 1. The minimum absolute atomic E-state index is 0.101. The summed E-state index contributed by atoms with van der Waals surface area (Å²) in [6, 6.07) is 8.24. The fourth-order valence-electron chi connectivity index (χ4n) is 3.53. The first kappa shape index (κ1) is 17.6. The largest absolute Gasteiger partial charge is 0.336 e. The Labute approximate surface area is 147 Å². The second-order valence-electron chi connectivity index (χ2n) is 6.59. The lowest BCUT2D eigenvalue weighted by Crippen LogP contribution is -2.55. The summed E-state index contributed by atoms with van der Waals surface area (Å²) in [7, 11) is 0. The van der Waals surface area contributed by atoms with Gasteiger partial charge in [0.2, 0.25) is 0 Å². The Kier molecular flexibility index (Phi) is 5.48. The predicted octanol–water partition coefficient (Wildman–Crippen LogP) is 2.54. The number of nitrogens with zero attached hydrogens (tertiary/aromatic N) is 3. The molecule has 0 saturated carbocycles. The number of amides is 1. The lowest BCUT2D eigenvalue weighted by molar-refractivity contribution is -0.144. The third-order valence-corrected chi connectivity index (χ3v) is 4.84. The first-order valence-electron chi connectivity index (χ1n) is 8.90. The van der Waals surface area contributed by atoms with Crippen LogP contribution < -0.4 is 5.32 Å². The molecule has 1 aromatic heterocycles. The molecule has 134 valence electrons. The number of halogens is 1. The average molecular weight is 344 g/mol. The maximum Gasteiger partial charge on any atom is 0.250 e. The van der Waals surface area contributed by atoms with Crippen LogP contribution in [0.25, 0.3) is 0 Å². The van der Waals surface area contributed by atoms with Gasteiger partial charge < -0.3 is 10.2 Å². The Morgan fingerprint density at radius 1 is 1.32 bits per heavy atom. The summed E-state index contributed by atoms with van der Waals surface area (Å²) in [5, 5.41) is 7.72. The summed E-state index contributed by atoms with van der Waals surface area (Å²) >= 11 is 0. The molecule has 1 saturated heterocycles. The van der Waals surface area contributed by atoms with Gasteiger partial charge in [0.25, 0.3) is 5.91 Å². The number of carbonyl (C=O) groups excluding carboxylic acids is 1. The Hall–Kier alpha value is -2.21. The average Bonchev–Trinajstić information content (AvgIpc) is 3.18. The molecular formula is C19H25FN4O. The molecule has 1 N–H and O–H groups in total. The van der Waals surface area contributed by atoms with Crippen molar-refractivity contribution in [1.29, 1.82) is 0 Å². The van der Waals surface area contributed by atoms with E-state index in [9.17, 15) is 9.18 Å². The van der Waals surface area contributed by atoms with E-state index in [0.29, 0.717) is 13.1 Å². The molecule has 2 heterocycles. The standard InChI is InChI=1S/C19H25FN4O/c1-2-13-23(15-16-4-6-17(20)7-5-16)18(25)19(8-11-21-12-9-19)24-14-3-10-22-24/h3-7,10,14,21H,2,8-9,11-13,15H2,1H3. The normalized spacial score (nSPS) is 16.6. The van der Waals surface area contributed by atoms with Crippen molar-refractivity contribution in [2.45, 2.75) is 38.3 Å². The summed E-state index contributed by atoms with van der Waals surface area (Å²) in [6.45, 7) is 4.81. The number of nitrogens with one attached hydrogen (secondary N) is 1. The third-order valence-electron chi connectivity index (χ3n) is 4.84. The number of aromatic nitrogens is 2. The van der Waals surface area contributed by atoms with Crippen LogP contribution in [0.2, 0.25) is 0 Å². The molecule has 0 unspecified atom stereocenters. The summed E-state index contributed by atoms with van der Waals surface area (Å²) < 4.78 is 15.0. The molecule has 0 radical (unpaired) electrons. The molecule has 3 rings (SSSR count). The van der Waals surface area contributed by atoms with Crippen LogP contribution in [-0.4, -0.2) is 40.2 Å². The topological polar surface area (TPSA) is 50.2 Å². The lowest BCUT2D eigenvalue weighted by Gasteiger charge is -2.40. The number of hydrogen-bond acceptors (Lipinski definition) is 3. The molecule has 0 aliphatic carbocycles. The Morgan fingerprint density at radius 2 is 2.04 bits per heavy atom. The number of carbonyl (C=O) groups is 1. The lowest BCUT2D eigenvalue weighted by atomic mass is 9.86. The summed E-state index contributed by atoms with van der Waals surface area (Å²) in [5.74, 6) is -0.160. The number of rotatable bonds is 6. The summed E-state index contributed by atoms with van der Waals surface area (Å²) in [6.07, 6.45) is 5.92. The van der Waals surface area contributed by atoms with Crippen molar-refractivity contribution in [2.24, 2.45) is 0 Å². The van der Waals surface area contributed by atoms with E-state index in [1.165, 1.54) is 12.1 Å². The van der Waals surface area contributed by atoms with Crippen molar-refractivity contribution in [2.75, 3.05) is 19.6 Å². The molecule has 1 amide bonds. The third kappa shape index (κ3) is 3.74. The van der Waals surface area contributed by atoms with Crippen molar-refractivity contribution in [3.05, 3.63) is 54.1 Å². The van der Waals surface area contributed by atoms with Crippen LogP contribution in [-0.2, 0) is 16.9 Å². The van der Waals surface area contributed by atoms with Gasteiger partial charge in [-0.05, 0) is 56.1 Å². The zero-order chi connectivity index (χ0) is 17.7. The van der Waals surface area contributed by atoms with E-state index in [1.54, 1.807) is 18.3 Å². The Morgan fingerprint density at radius 3 is 2.64 bits per heavy atom. The second kappa shape index (κ2) is 7.78. The highest BCUT2D eigenvalue weighted by Gasteiger charge is 2.44. The van der Waals surface area contributed by atoms with E-state index in [0.717, 1.165) is 37.9 Å². The Balaban J connectivity index is 1.88. The molecule has 2 aromatic rings. The van der Waals surface area contributed by atoms with E-state index in [1.807, 2.05) is 21.8 Å². The molecule has 6 heteroatoms. The molecule has 1 fully saturated rings. The first-order valence-corrected chi connectivity index (χ1v) is 8.90. The Bertz CT molecular complexity index is 678. The van der Waals surface area contributed by atoms with E-state index in [-0.39, 0.29) is 11.7 Å². The summed E-state index contributed by atoms with van der Waals surface area (Å²) in [4.78, 5) is 15.4. The van der Waals surface area contributed by atoms with Gasteiger partial charge in [0.15, 0.2) is 0 Å². The van der Waals surface area contributed by atoms with Crippen LogP contribution in [0.15, 0.2) is 42.7 Å². The molecule has 0 atom stereocenters. The first-order chi connectivity index (χ1) is 12.2. The van der Waals surface area contributed by atoms with Gasteiger partial charge in [0, 0.05) is 25.5 Å². The van der Waals surface area contributed by atoms with E-state index >= 15 is 0 Å². The fourth-order valence-corrected chi connectivity index (χ4v) is 3.53. The van der Waals surface area contributed by atoms with Crippen molar-refractivity contribution in [1.82, 2.24) is 20.0 Å². The van der Waals surface area contributed by atoms with Crippen molar-refractivity contribution < 1.29 is 9.18 Å². The van der Waals surface area contributed by atoms with Crippen LogP contribution in [0, 0.1) is 5.82 Å². The van der Waals surface area contributed by atoms with Gasteiger partial charge in [-0.15, -0.1) is 0 Å². The number of hydrogen-bond donors (Lipinski definition) is 1. The van der Waals surface area contributed by atoms with Crippen LogP contribution in [0.4, 0.5) is 4.39 Å². The van der Waals surface area contributed by atoms with Crippen molar-refractivity contribution >= 4 is 5.91 Å². The zero-order valence-electron chi connectivity index (χ0n) is 14.6. The van der Waals surface area contributed by atoms with Gasteiger partial charge in [-0.3, -0.25) is 9.48 Å². The monoisotopic (exact) mass is 344 g/mol. The van der Waals surface area contributed by atoms with Gasteiger partial charge in [-0.25, -0.2) is 4.39 Å². The summed E-state index contributed by atoms with van der Waals surface area (Å²) in [5.41, 5.74) is 0.303. The van der Waals surface area contributed by atoms with Gasteiger partial charge in [-0.1, -0.05) is 19.1 Å². The molecular weight excluding hydrogens is 319 g/mol. The molecule has 25 heavy (non-hydrogen) atoms. The smallest absolute Gasteiger partial charge is 0.250 e. The van der Waals surface area contributed by atoms with E-state index in [4.69, 9.17) is 0 Å². The van der Waals surface area contributed by atoms with Crippen molar-refractivity contribution in [3.63, 3.8) is 0 Å². The predicted molar refractivity (Wildman–Crippen MR) is 94.4 cm³/mol. The SMILES string of the molecule is CCCN(Cc1ccc(F)cc1)C(=O)C1(n2cccn2)CCNCC1. The second-order valence-corrected chi connectivity index (χ2v) is 6.59. The highest BCUT2D eigenvalue weighted by molar-refractivity contribution is 5.84. The fraction of sp³-hybridized carbons (Fsp3) is 0.474. The van der Waals surface area contributed by atoms with E-state index in [2.05, 4.69) is 17.3 Å². The van der Waals surface area contributed by atoms with Crippen LogP contribution >= 0.6 is 0 Å². The highest BCUT2D eigenvalue weighted by Crippen LogP contribution is 2.30. The van der Waals surface area contributed by atoms with Crippen LogP contribution in [0.5, 0.6) is 0 Å². The highest BCUT2D eigenvalue weighted by atomic mass is 19.1. The van der Waals surface area contributed by atoms with Gasteiger partial charge in [0.05, 0.1) is 0 Å². The zero-order valence-corrected chi connectivity index (χ0v) is 14.6. The molecule has 5 nitrogen and oxygen atoms in total. The maximum absolute atomic E-state index is 13.5. The molecule has 1 aromatic carbocycles. The minimum atomic E-state index is -0.635. The van der Waals surface area contributed by atoms with Crippen LogP contribution in [0.3, 0.4) is 0 Å². The van der Waals surface area contributed by atoms with E-state index < -0.39 is 5.54 Å². The molecule has 0 bridgehead atoms. The van der Waals surface area contributed by atoms with Crippen molar-refractivity contribution in [3.8, 4) is 0 Å². The number of benzene rings is 1. The molecule has 1 aliphatic rings. The van der Waals surface area contributed by atoms with Gasteiger partial charge in [0.1, 0.15) is 11.4 Å². The van der Waals surface area contributed by atoms with Gasteiger partial charge in [-0.2, -0.15) is 5.10 Å². The molecule has 0 spiro atoms. The quantitative estimate of drug-likeness (QED) is 0.876. The maximum atomic E-state index is 13.5. The van der Waals surface area contributed by atoms with Crippen LogP contribution in [0.1, 0.15) is 31.7 Å². The molecule has 1 aliphatic heterocycles. The van der Waals surface area contributed by atoms with Gasteiger partial charge >= 0.3 is 0 Å².